The van der Waals surface area contributed by atoms with Crippen LogP contribution in [0.2, 0.25) is 0 Å². The number of nitrogens with one attached hydrogen (secondary N) is 1. The largest absolute Gasteiger partial charge is 0.497 e. The molecule has 4 aromatic rings. The minimum atomic E-state index is -0.480. The Kier molecular flexibility index (Phi) is 5.65. The molecule has 0 saturated carbocycles. The Bertz CT molecular complexity index is 1380. The highest BCUT2D eigenvalue weighted by Gasteiger charge is 2.17. The molecule has 0 saturated heterocycles. The summed E-state index contributed by atoms with van der Waals surface area (Å²) in [6.07, 6.45) is 0. The van der Waals surface area contributed by atoms with Crippen LogP contribution < -0.4 is 10.3 Å². The Morgan fingerprint density at radius 2 is 1.91 bits per heavy atom. The first-order chi connectivity index (χ1) is 15.4. The number of nitro benzene ring substituents is 1. The summed E-state index contributed by atoms with van der Waals surface area (Å²) >= 11 is 1.31. The number of azo groups is 1. The van der Waals surface area contributed by atoms with Crippen molar-refractivity contribution in [3.63, 3.8) is 0 Å². The van der Waals surface area contributed by atoms with Gasteiger partial charge >= 0.3 is 5.56 Å². The van der Waals surface area contributed by atoms with Gasteiger partial charge < -0.3 is 4.74 Å². The highest BCUT2D eigenvalue weighted by atomic mass is 32.1. The Labute approximate surface area is 186 Å². The first-order valence-electron chi connectivity index (χ1n) is 9.46. The number of ether oxygens (including phenoxy) is 1. The molecular weight excluding hydrogens is 432 g/mol. The van der Waals surface area contributed by atoms with Gasteiger partial charge in [-0.05, 0) is 44.2 Å². The summed E-state index contributed by atoms with van der Waals surface area (Å²) in [4.78, 5) is 28.1. The third kappa shape index (κ3) is 3.93. The zero-order valence-electron chi connectivity index (χ0n) is 17.4. The lowest BCUT2D eigenvalue weighted by atomic mass is 10.1. The molecular formula is C21H18N6O4S. The number of H-pyrrole nitrogens is 1. The molecule has 10 nitrogen and oxygen atoms in total. The van der Waals surface area contributed by atoms with E-state index in [4.69, 9.17) is 4.74 Å². The van der Waals surface area contributed by atoms with Gasteiger partial charge in [0.15, 0.2) is 5.69 Å². The standard InChI is InChI=1S/C21H18N6O4S/c1-12-16(5-4-6-18(12)27(29)30)23-24-19-13(2)25-26(20(19)28)21-22-17(11-32-21)14-7-9-15(31-3)10-8-14/h4-11,25H,1-3H3. The fourth-order valence-corrected chi connectivity index (χ4v) is 3.86. The van der Waals surface area contributed by atoms with Crippen LogP contribution in [0.15, 0.2) is 62.9 Å². The minimum Gasteiger partial charge on any atom is -0.497 e. The molecule has 1 N–H and O–H groups in total. The molecule has 2 aromatic heterocycles. The van der Waals surface area contributed by atoms with Crippen molar-refractivity contribution in [3.8, 4) is 22.1 Å². The fraction of sp³-hybridized carbons (Fsp3) is 0.143. The van der Waals surface area contributed by atoms with Gasteiger partial charge in [0, 0.05) is 17.0 Å². The van der Waals surface area contributed by atoms with Crippen molar-refractivity contribution in [2.24, 2.45) is 10.2 Å². The van der Waals surface area contributed by atoms with Gasteiger partial charge in [0.2, 0.25) is 5.13 Å². The van der Waals surface area contributed by atoms with Crippen molar-refractivity contribution < 1.29 is 9.66 Å². The van der Waals surface area contributed by atoms with E-state index in [9.17, 15) is 14.9 Å². The van der Waals surface area contributed by atoms with E-state index in [1.165, 1.54) is 28.2 Å². The average molecular weight is 450 g/mol. The number of nitro groups is 1. The summed E-state index contributed by atoms with van der Waals surface area (Å²) in [5, 5.41) is 24.5. The number of benzene rings is 2. The maximum atomic E-state index is 12.9. The predicted octanol–water partition coefficient (Wildman–Crippen LogP) is 5.24. The maximum absolute atomic E-state index is 12.9. The van der Waals surface area contributed by atoms with Crippen molar-refractivity contribution in [1.82, 2.24) is 14.8 Å². The van der Waals surface area contributed by atoms with Gasteiger partial charge in [-0.25, -0.2) is 4.98 Å². The van der Waals surface area contributed by atoms with Crippen molar-refractivity contribution in [2.75, 3.05) is 7.11 Å². The molecule has 4 rings (SSSR count). The highest BCUT2D eigenvalue weighted by Crippen LogP contribution is 2.29. The van der Waals surface area contributed by atoms with E-state index in [1.54, 1.807) is 27.0 Å². The van der Waals surface area contributed by atoms with Crippen LogP contribution in [0.1, 0.15) is 11.3 Å². The van der Waals surface area contributed by atoms with Crippen molar-refractivity contribution >= 4 is 28.4 Å². The third-order valence-electron chi connectivity index (χ3n) is 4.84. The van der Waals surface area contributed by atoms with Crippen molar-refractivity contribution in [1.29, 1.82) is 0 Å². The van der Waals surface area contributed by atoms with Crippen LogP contribution in [0.25, 0.3) is 16.4 Å². The molecule has 0 spiro atoms. The Balaban J connectivity index is 1.65. The minimum absolute atomic E-state index is 0.0569. The number of hydrogen-bond donors (Lipinski definition) is 1. The molecule has 0 aliphatic carbocycles. The van der Waals surface area contributed by atoms with Crippen LogP contribution in [-0.4, -0.2) is 26.8 Å². The summed E-state index contributed by atoms with van der Waals surface area (Å²) < 4.78 is 6.48. The number of methoxy groups -OCH3 is 1. The van der Waals surface area contributed by atoms with E-state index in [-0.39, 0.29) is 11.4 Å². The number of aromatic nitrogens is 3. The maximum Gasteiger partial charge on any atom is 0.301 e. The predicted molar refractivity (Wildman–Crippen MR) is 121 cm³/mol. The fourth-order valence-electron chi connectivity index (χ4n) is 3.07. The van der Waals surface area contributed by atoms with Gasteiger partial charge in [0.25, 0.3) is 5.69 Å². The summed E-state index contributed by atoms with van der Waals surface area (Å²) in [6, 6.07) is 12.0. The zero-order valence-corrected chi connectivity index (χ0v) is 18.2. The topological polar surface area (TPSA) is 128 Å². The van der Waals surface area contributed by atoms with Gasteiger partial charge in [0.05, 0.1) is 34.7 Å². The number of rotatable bonds is 6. The molecule has 0 aliphatic rings. The van der Waals surface area contributed by atoms with Gasteiger partial charge in [-0.15, -0.1) is 21.6 Å². The third-order valence-corrected chi connectivity index (χ3v) is 5.67. The van der Waals surface area contributed by atoms with E-state index in [0.717, 1.165) is 17.0 Å². The van der Waals surface area contributed by atoms with E-state index in [1.807, 2.05) is 29.6 Å². The highest BCUT2D eigenvalue weighted by molar-refractivity contribution is 7.12. The summed E-state index contributed by atoms with van der Waals surface area (Å²) in [7, 11) is 1.60. The van der Waals surface area contributed by atoms with Crippen LogP contribution >= 0.6 is 11.3 Å². The first-order valence-corrected chi connectivity index (χ1v) is 10.3. The lowest BCUT2D eigenvalue weighted by Gasteiger charge is -2.00. The van der Waals surface area contributed by atoms with E-state index >= 15 is 0 Å². The Hall–Kier alpha value is -4.12. The van der Waals surface area contributed by atoms with E-state index in [2.05, 4.69) is 20.3 Å². The molecule has 2 aromatic carbocycles. The second kappa shape index (κ2) is 8.55. The SMILES string of the molecule is COc1ccc(-c2csc(-n3[nH]c(C)c(N=Nc4cccc([N+](=O)[O-])c4C)c3=O)n2)cc1. The molecule has 0 fully saturated rings. The van der Waals surface area contributed by atoms with Crippen LogP contribution in [0, 0.1) is 24.0 Å². The van der Waals surface area contributed by atoms with Crippen LogP contribution in [0.3, 0.4) is 0 Å². The first kappa shape index (κ1) is 21.1. The quantitative estimate of drug-likeness (QED) is 0.244. The lowest BCUT2D eigenvalue weighted by molar-refractivity contribution is -0.385. The van der Waals surface area contributed by atoms with Gasteiger partial charge in [-0.3, -0.25) is 20.0 Å². The van der Waals surface area contributed by atoms with Crippen LogP contribution in [0.5, 0.6) is 5.75 Å². The average Bonchev–Trinajstić information content (AvgIpc) is 3.38. The normalized spacial score (nSPS) is 11.2. The second-order valence-electron chi connectivity index (χ2n) is 6.85. The number of hydrogen-bond acceptors (Lipinski definition) is 8. The van der Waals surface area contributed by atoms with Crippen LogP contribution in [0.4, 0.5) is 17.1 Å². The van der Waals surface area contributed by atoms with E-state index in [0.29, 0.717) is 22.1 Å². The number of nitrogens with zero attached hydrogens (tertiary/aromatic N) is 5. The molecule has 162 valence electrons. The number of aromatic amines is 1. The molecule has 0 radical (unpaired) electrons. The van der Waals surface area contributed by atoms with E-state index < -0.39 is 10.5 Å². The number of thiazole rings is 1. The summed E-state index contributed by atoms with van der Waals surface area (Å²) in [6.45, 7) is 3.29. The summed E-state index contributed by atoms with van der Waals surface area (Å²) in [5.74, 6) is 0.745. The lowest BCUT2D eigenvalue weighted by Crippen LogP contribution is -2.13. The van der Waals surface area contributed by atoms with Gasteiger partial charge in [0.1, 0.15) is 5.75 Å². The molecule has 32 heavy (non-hydrogen) atoms. The van der Waals surface area contributed by atoms with Crippen molar-refractivity contribution in [2.45, 2.75) is 13.8 Å². The Morgan fingerprint density at radius 1 is 1.16 bits per heavy atom. The molecule has 0 unspecified atom stereocenters. The molecule has 11 heteroatoms. The molecule has 0 bridgehead atoms. The molecule has 2 heterocycles. The molecule has 0 aliphatic heterocycles. The van der Waals surface area contributed by atoms with Crippen LogP contribution in [-0.2, 0) is 0 Å². The summed E-state index contributed by atoms with van der Waals surface area (Å²) in [5.41, 5.74) is 2.46. The monoisotopic (exact) mass is 450 g/mol. The van der Waals surface area contributed by atoms with Gasteiger partial charge in [-0.1, -0.05) is 6.07 Å². The van der Waals surface area contributed by atoms with Crippen molar-refractivity contribution in [3.05, 3.63) is 79.6 Å². The second-order valence-corrected chi connectivity index (χ2v) is 7.68. The Morgan fingerprint density at radius 3 is 2.59 bits per heavy atom. The molecule has 0 amide bonds. The van der Waals surface area contributed by atoms with Gasteiger partial charge in [-0.2, -0.15) is 4.68 Å². The number of aryl methyl sites for hydroxylation is 1. The molecule has 0 atom stereocenters. The zero-order chi connectivity index (χ0) is 22.8. The smallest absolute Gasteiger partial charge is 0.301 e.